The average molecular weight is 476 g/mol. The second-order valence-corrected chi connectivity index (χ2v) is 8.14. The van der Waals surface area contributed by atoms with Gasteiger partial charge in [-0.05, 0) is 30.3 Å². The van der Waals surface area contributed by atoms with E-state index < -0.39 is 5.91 Å². The monoisotopic (exact) mass is 475 g/mol. The molecule has 1 aromatic heterocycles. The van der Waals surface area contributed by atoms with E-state index in [9.17, 15) is 4.79 Å². The Morgan fingerprint density at radius 3 is 2.61 bits per heavy atom. The molecule has 9 heteroatoms. The van der Waals surface area contributed by atoms with E-state index in [1.54, 1.807) is 42.2 Å². The normalized spacial score (nSPS) is 11.2. The van der Waals surface area contributed by atoms with Gasteiger partial charge in [0.1, 0.15) is 13.7 Å². The molecule has 0 spiro atoms. The molecule has 1 N–H and O–H groups in total. The topological polar surface area (TPSA) is 72.8 Å². The quantitative estimate of drug-likeness (QED) is 0.357. The highest BCUT2D eigenvalue weighted by Crippen LogP contribution is 2.30. The van der Waals surface area contributed by atoms with Crippen LogP contribution in [0.4, 0.5) is 0 Å². The molecular formula is C22H19Cl2N3O3S. The van der Waals surface area contributed by atoms with Crippen LogP contribution in [0.15, 0.2) is 75.7 Å². The number of pyridine rings is 1. The Morgan fingerprint density at radius 1 is 1.13 bits per heavy atom. The number of amides is 1. The lowest BCUT2D eigenvalue weighted by molar-refractivity contribution is -0.114. The molecule has 0 aliphatic carbocycles. The summed E-state index contributed by atoms with van der Waals surface area (Å²) < 4.78 is 5.83. The lowest BCUT2D eigenvalue weighted by atomic mass is 10.0. The van der Waals surface area contributed by atoms with Gasteiger partial charge in [-0.2, -0.15) is 0 Å². The van der Waals surface area contributed by atoms with Gasteiger partial charge in [0, 0.05) is 50.3 Å². The third-order valence-electron chi connectivity index (χ3n) is 4.10. The summed E-state index contributed by atoms with van der Waals surface area (Å²) in [7, 11) is 2.89. The number of benzene rings is 2. The summed E-state index contributed by atoms with van der Waals surface area (Å²) in [5.41, 5.74) is 1.22. The van der Waals surface area contributed by atoms with E-state index in [-0.39, 0.29) is 12.3 Å². The van der Waals surface area contributed by atoms with E-state index in [1.165, 1.54) is 14.2 Å². The number of carbonyl (C=O) groups is 1. The molecule has 160 valence electrons. The van der Waals surface area contributed by atoms with Crippen LogP contribution in [0.5, 0.6) is 5.88 Å². The van der Waals surface area contributed by atoms with Gasteiger partial charge in [0.05, 0.1) is 0 Å². The first kappa shape index (κ1) is 22.9. The molecule has 0 bridgehead atoms. The smallest absolute Gasteiger partial charge is 0.273 e. The molecule has 1 heterocycles. The van der Waals surface area contributed by atoms with Crippen molar-refractivity contribution < 1.29 is 14.4 Å². The van der Waals surface area contributed by atoms with Crippen molar-refractivity contribution in [2.75, 3.05) is 14.2 Å². The number of nitrogens with zero attached hydrogens (tertiary/aromatic N) is 2. The van der Waals surface area contributed by atoms with E-state index in [1.807, 2.05) is 30.3 Å². The van der Waals surface area contributed by atoms with Crippen molar-refractivity contribution in [2.45, 2.75) is 16.4 Å². The molecule has 0 saturated carbocycles. The van der Waals surface area contributed by atoms with Crippen LogP contribution < -0.4 is 10.1 Å². The Labute approximate surface area is 194 Å². The van der Waals surface area contributed by atoms with Crippen molar-refractivity contribution in [2.24, 2.45) is 5.16 Å². The summed E-state index contributed by atoms with van der Waals surface area (Å²) in [4.78, 5) is 23.4. The predicted octanol–water partition coefficient (Wildman–Crippen LogP) is 5.22. The number of rotatable bonds is 8. The summed E-state index contributed by atoms with van der Waals surface area (Å²) >= 11 is 14.0. The molecule has 0 unspecified atom stereocenters. The van der Waals surface area contributed by atoms with E-state index in [2.05, 4.69) is 15.5 Å². The summed E-state index contributed by atoms with van der Waals surface area (Å²) in [6.07, 6.45) is 1.72. The van der Waals surface area contributed by atoms with Crippen LogP contribution in [0.25, 0.3) is 0 Å². The van der Waals surface area contributed by atoms with E-state index in [4.69, 9.17) is 32.8 Å². The van der Waals surface area contributed by atoms with Gasteiger partial charge in [0.25, 0.3) is 5.91 Å². The summed E-state index contributed by atoms with van der Waals surface area (Å²) in [5, 5.41) is 7.51. The molecule has 0 saturated heterocycles. The van der Waals surface area contributed by atoms with Gasteiger partial charge in [-0.1, -0.05) is 58.3 Å². The van der Waals surface area contributed by atoms with Crippen LogP contribution in [0.3, 0.4) is 0 Å². The van der Waals surface area contributed by atoms with Gasteiger partial charge in [-0.3, -0.25) is 4.79 Å². The van der Waals surface area contributed by atoms with Gasteiger partial charge < -0.3 is 14.9 Å². The Balaban J connectivity index is 1.75. The first-order chi connectivity index (χ1) is 15.0. The summed E-state index contributed by atoms with van der Waals surface area (Å²) in [5.74, 6) is 0.0253. The Morgan fingerprint density at radius 2 is 1.94 bits per heavy atom. The number of halogens is 2. The molecule has 3 aromatic rings. The zero-order chi connectivity index (χ0) is 22.2. The molecule has 2 aromatic carbocycles. The average Bonchev–Trinajstić information content (AvgIpc) is 2.77. The first-order valence-corrected chi connectivity index (χ1v) is 10.7. The minimum Gasteiger partial charge on any atom is -0.473 e. The van der Waals surface area contributed by atoms with E-state index in [0.29, 0.717) is 27.1 Å². The maximum absolute atomic E-state index is 12.2. The Kier molecular flexibility index (Phi) is 8.17. The fourth-order valence-corrected chi connectivity index (χ4v) is 4.01. The minimum atomic E-state index is -0.397. The van der Waals surface area contributed by atoms with E-state index >= 15 is 0 Å². The van der Waals surface area contributed by atoms with Gasteiger partial charge in [-0.25, -0.2) is 4.98 Å². The van der Waals surface area contributed by atoms with Crippen molar-refractivity contribution in [1.29, 1.82) is 0 Å². The lowest BCUT2D eigenvalue weighted by Crippen LogP contribution is -2.29. The van der Waals surface area contributed by atoms with Gasteiger partial charge in [0.2, 0.25) is 5.88 Å². The number of hydrogen-bond acceptors (Lipinski definition) is 6. The number of ether oxygens (including phenoxy) is 1. The first-order valence-electron chi connectivity index (χ1n) is 9.15. The zero-order valence-electron chi connectivity index (χ0n) is 16.8. The molecule has 0 aliphatic heterocycles. The third kappa shape index (κ3) is 6.13. The number of hydrogen-bond donors (Lipinski definition) is 1. The molecule has 31 heavy (non-hydrogen) atoms. The second kappa shape index (κ2) is 11.0. The second-order valence-electron chi connectivity index (χ2n) is 6.15. The summed E-state index contributed by atoms with van der Waals surface area (Å²) in [6.45, 7) is 0.0997. The van der Waals surface area contributed by atoms with Crippen LogP contribution in [0.2, 0.25) is 10.0 Å². The molecule has 3 rings (SSSR count). The largest absolute Gasteiger partial charge is 0.473 e. The number of carbonyl (C=O) groups excluding carboxylic acids is 1. The van der Waals surface area contributed by atoms with Crippen LogP contribution in [0, 0.1) is 0 Å². The van der Waals surface area contributed by atoms with Crippen LogP contribution in [0.1, 0.15) is 11.1 Å². The van der Waals surface area contributed by atoms with Gasteiger partial charge in [-0.15, -0.1) is 0 Å². The number of oxime groups is 1. The Hall–Kier alpha value is -2.74. The molecule has 0 atom stereocenters. The minimum absolute atomic E-state index is 0.0997. The standard InChI is InChI=1S/C22H19Cl2N3O3S/c1-25-22(28)21(27-29-2)17-7-4-8-19(24)18(17)13-30-20-10-9-16(12-26-20)31-15-6-3-5-14(23)11-15/h3-12H,13H2,1-2H3,(H,25,28)/b27-21+. The van der Waals surface area contributed by atoms with Gasteiger partial charge in [0.15, 0.2) is 5.71 Å². The van der Waals surface area contributed by atoms with Crippen molar-refractivity contribution in [3.8, 4) is 5.88 Å². The fraction of sp³-hybridized carbons (Fsp3) is 0.136. The fourth-order valence-electron chi connectivity index (χ4n) is 2.68. The summed E-state index contributed by atoms with van der Waals surface area (Å²) in [6, 6.07) is 16.5. The molecule has 1 amide bonds. The molecule has 0 radical (unpaired) electrons. The Bertz CT molecular complexity index is 1090. The number of likely N-dealkylation sites (N-methyl/N-ethyl adjacent to an activating group) is 1. The van der Waals surface area contributed by atoms with Crippen molar-refractivity contribution in [1.82, 2.24) is 10.3 Å². The number of nitrogens with one attached hydrogen (secondary N) is 1. The maximum Gasteiger partial charge on any atom is 0.273 e. The van der Waals surface area contributed by atoms with Crippen LogP contribution >= 0.6 is 35.0 Å². The SMILES string of the molecule is CNC(=O)/C(=N/OC)c1cccc(Cl)c1COc1ccc(Sc2cccc(Cl)c2)cn1. The van der Waals surface area contributed by atoms with Gasteiger partial charge >= 0.3 is 0 Å². The molecule has 0 fully saturated rings. The molecule has 6 nitrogen and oxygen atoms in total. The van der Waals surface area contributed by atoms with Crippen LogP contribution in [-0.2, 0) is 16.2 Å². The van der Waals surface area contributed by atoms with Crippen LogP contribution in [-0.4, -0.2) is 30.8 Å². The molecule has 0 aliphatic rings. The predicted molar refractivity (Wildman–Crippen MR) is 123 cm³/mol. The van der Waals surface area contributed by atoms with Crippen molar-refractivity contribution >= 4 is 46.6 Å². The highest BCUT2D eigenvalue weighted by atomic mass is 35.5. The lowest BCUT2D eigenvalue weighted by Gasteiger charge is -2.13. The number of aromatic nitrogens is 1. The van der Waals surface area contributed by atoms with E-state index in [0.717, 1.165) is 9.79 Å². The third-order valence-corrected chi connectivity index (χ3v) is 5.66. The highest BCUT2D eigenvalue weighted by molar-refractivity contribution is 7.99. The highest BCUT2D eigenvalue weighted by Gasteiger charge is 2.20. The van der Waals surface area contributed by atoms with Crippen molar-refractivity contribution in [3.63, 3.8) is 0 Å². The zero-order valence-corrected chi connectivity index (χ0v) is 19.1. The maximum atomic E-state index is 12.2. The van der Waals surface area contributed by atoms with Crippen molar-refractivity contribution in [3.05, 3.63) is 82.0 Å². The molecular weight excluding hydrogens is 457 g/mol.